The van der Waals surface area contributed by atoms with Gasteiger partial charge in [0.05, 0.1) is 13.3 Å². The van der Waals surface area contributed by atoms with Gasteiger partial charge in [-0.05, 0) is 33.0 Å². The molecule has 0 amide bonds. The third kappa shape index (κ3) is 4.06. The lowest BCUT2D eigenvalue weighted by Gasteiger charge is -2.21. The molecule has 1 aromatic rings. The Hall–Kier alpha value is -1.29. The van der Waals surface area contributed by atoms with Crippen LogP contribution in [0.5, 0.6) is 5.75 Å². The monoisotopic (exact) mass is 223 g/mol. The van der Waals surface area contributed by atoms with Crippen LogP contribution in [0.4, 0.5) is 5.82 Å². The van der Waals surface area contributed by atoms with E-state index < -0.39 is 0 Å². The van der Waals surface area contributed by atoms with Crippen LogP contribution in [0, 0.1) is 0 Å². The molecule has 1 aromatic heterocycles. The summed E-state index contributed by atoms with van der Waals surface area (Å²) in [6, 6.07) is 4.40. The fraction of sp³-hybridized carbons (Fsp3) is 0.583. The molecule has 0 radical (unpaired) electrons. The van der Waals surface area contributed by atoms with Gasteiger partial charge in [-0.25, -0.2) is 4.98 Å². The maximum Gasteiger partial charge on any atom is 0.137 e. The van der Waals surface area contributed by atoms with E-state index >= 15 is 0 Å². The molecule has 90 valence electrons. The molecule has 4 heteroatoms. The standard InChI is InChI=1S/C12H21N3O/c1-10(2)15(3)8-7-13-12-6-5-11(16-4)9-14-12/h5-6,9-10H,7-8H2,1-4H3,(H,13,14). The number of anilines is 1. The molecular weight excluding hydrogens is 202 g/mol. The average Bonchev–Trinajstić information content (AvgIpc) is 2.29. The van der Waals surface area contributed by atoms with Gasteiger partial charge in [-0.3, -0.25) is 0 Å². The third-order valence-corrected chi connectivity index (χ3v) is 2.62. The van der Waals surface area contributed by atoms with E-state index in [1.165, 1.54) is 0 Å². The minimum Gasteiger partial charge on any atom is -0.495 e. The van der Waals surface area contributed by atoms with Gasteiger partial charge < -0.3 is 15.0 Å². The van der Waals surface area contributed by atoms with Crippen molar-refractivity contribution < 1.29 is 4.74 Å². The van der Waals surface area contributed by atoms with Crippen molar-refractivity contribution in [3.63, 3.8) is 0 Å². The first kappa shape index (κ1) is 12.8. The number of nitrogens with one attached hydrogen (secondary N) is 1. The maximum absolute atomic E-state index is 5.04. The van der Waals surface area contributed by atoms with Crippen LogP contribution in [-0.2, 0) is 0 Å². The van der Waals surface area contributed by atoms with E-state index in [4.69, 9.17) is 4.74 Å². The van der Waals surface area contributed by atoms with E-state index in [0.717, 1.165) is 24.7 Å². The van der Waals surface area contributed by atoms with Crippen molar-refractivity contribution in [2.24, 2.45) is 0 Å². The molecule has 0 aliphatic rings. The second-order valence-corrected chi connectivity index (χ2v) is 4.08. The first-order chi connectivity index (χ1) is 7.63. The summed E-state index contributed by atoms with van der Waals surface area (Å²) in [5, 5.41) is 3.27. The molecule has 1 heterocycles. The van der Waals surface area contributed by atoms with Crippen LogP contribution in [-0.4, -0.2) is 43.2 Å². The molecule has 0 saturated carbocycles. The molecule has 1 N–H and O–H groups in total. The third-order valence-electron chi connectivity index (χ3n) is 2.62. The zero-order valence-corrected chi connectivity index (χ0v) is 10.5. The average molecular weight is 223 g/mol. The summed E-state index contributed by atoms with van der Waals surface area (Å²) < 4.78 is 5.04. The van der Waals surface area contributed by atoms with Crippen LogP contribution < -0.4 is 10.1 Å². The van der Waals surface area contributed by atoms with Gasteiger partial charge in [0, 0.05) is 19.1 Å². The van der Waals surface area contributed by atoms with Crippen LogP contribution in [0.1, 0.15) is 13.8 Å². The Bertz CT molecular complexity index is 298. The van der Waals surface area contributed by atoms with E-state index in [2.05, 4.69) is 36.1 Å². The van der Waals surface area contributed by atoms with E-state index in [1.807, 2.05) is 12.1 Å². The van der Waals surface area contributed by atoms with Crippen molar-refractivity contribution in [3.8, 4) is 5.75 Å². The summed E-state index contributed by atoms with van der Waals surface area (Å²) in [5.74, 6) is 1.67. The van der Waals surface area contributed by atoms with Gasteiger partial charge in [0.15, 0.2) is 0 Å². The van der Waals surface area contributed by atoms with Gasteiger partial charge in [-0.2, -0.15) is 0 Å². The molecule has 1 rings (SSSR count). The highest BCUT2D eigenvalue weighted by Gasteiger charge is 2.02. The van der Waals surface area contributed by atoms with Gasteiger partial charge in [0.25, 0.3) is 0 Å². The minimum atomic E-state index is 0.575. The van der Waals surface area contributed by atoms with Gasteiger partial charge in [-0.1, -0.05) is 0 Å². The lowest BCUT2D eigenvalue weighted by atomic mass is 10.3. The molecule has 0 aliphatic carbocycles. The number of likely N-dealkylation sites (N-methyl/N-ethyl adjacent to an activating group) is 1. The number of methoxy groups -OCH3 is 1. The Morgan fingerprint density at radius 3 is 2.69 bits per heavy atom. The first-order valence-electron chi connectivity index (χ1n) is 5.57. The molecule has 0 saturated heterocycles. The Morgan fingerprint density at radius 2 is 2.19 bits per heavy atom. The zero-order valence-electron chi connectivity index (χ0n) is 10.5. The normalized spacial score (nSPS) is 10.9. The number of nitrogens with zero attached hydrogens (tertiary/aromatic N) is 2. The fourth-order valence-corrected chi connectivity index (χ4v) is 1.22. The summed E-state index contributed by atoms with van der Waals surface area (Å²) in [5.41, 5.74) is 0. The highest BCUT2D eigenvalue weighted by Crippen LogP contribution is 2.10. The second-order valence-electron chi connectivity index (χ2n) is 4.08. The van der Waals surface area contributed by atoms with E-state index in [9.17, 15) is 0 Å². The maximum atomic E-state index is 5.04. The Morgan fingerprint density at radius 1 is 1.44 bits per heavy atom. The van der Waals surface area contributed by atoms with Crippen molar-refractivity contribution >= 4 is 5.82 Å². The van der Waals surface area contributed by atoms with Gasteiger partial charge in [0.2, 0.25) is 0 Å². The lowest BCUT2D eigenvalue weighted by molar-refractivity contribution is 0.284. The number of rotatable bonds is 6. The topological polar surface area (TPSA) is 37.4 Å². The van der Waals surface area contributed by atoms with Gasteiger partial charge in [0.1, 0.15) is 11.6 Å². The number of ether oxygens (including phenoxy) is 1. The quantitative estimate of drug-likeness (QED) is 0.798. The summed E-state index contributed by atoms with van der Waals surface area (Å²) in [6.45, 7) is 6.27. The van der Waals surface area contributed by atoms with E-state index in [0.29, 0.717) is 6.04 Å². The second kappa shape index (κ2) is 6.33. The molecule has 0 fully saturated rings. The highest BCUT2D eigenvalue weighted by molar-refractivity contribution is 5.37. The number of hydrogen-bond acceptors (Lipinski definition) is 4. The van der Waals surface area contributed by atoms with Crippen molar-refractivity contribution in [2.75, 3.05) is 32.6 Å². The van der Waals surface area contributed by atoms with Crippen LogP contribution in [0.25, 0.3) is 0 Å². The molecular formula is C12H21N3O. The summed E-state index contributed by atoms with van der Waals surface area (Å²) in [4.78, 5) is 6.52. The minimum absolute atomic E-state index is 0.575. The van der Waals surface area contributed by atoms with Crippen LogP contribution in [0.2, 0.25) is 0 Å². The van der Waals surface area contributed by atoms with Gasteiger partial charge in [-0.15, -0.1) is 0 Å². The van der Waals surface area contributed by atoms with Crippen molar-refractivity contribution in [2.45, 2.75) is 19.9 Å². The largest absolute Gasteiger partial charge is 0.495 e. The summed E-state index contributed by atoms with van der Waals surface area (Å²) in [7, 11) is 3.76. The molecule has 0 spiro atoms. The van der Waals surface area contributed by atoms with Gasteiger partial charge >= 0.3 is 0 Å². The molecule has 0 aliphatic heterocycles. The molecule has 0 bridgehead atoms. The van der Waals surface area contributed by atoms with Crippen molar-refractivity contribution in [1.82, 2.24) is 9.88 Å². The lowest BCUT2D eigenvalue weighted by Crippen LogP contribution is -2.31. The molecule has 0 unspecified atom stereocenters. The highest BCUT2D eigenvalue weighted by atomic mass is 16.5. The molecule has 16 heavy (non-hydrogen) atoms. The number of pyridine rings is 1. The zero-order chi connectivity index (χ0) is 12.0. The van der Waals surface area contributed by atoms with Crippen LogP contribution in [0.3, 0.4) is 0 Å². The Balaban J connectivity index is 2.31. The Kier molecular flexibility index (Phi) is 5.05. The SMILES string of the molecule is COc1ccc(NCCN(C)C(C)C)nc1. The predicted molar refractivity (Wildman–Crippen MR) is 67.0 cm³/mol. The van der Waals surface area contributed by atoms with Crippen molar-refractivity contribution in [1.29, 1.82) is 0 Å². The smallest absolute Gasteiger partial charge is 0.137 e. The van der Waals surface area contributed by atoms with E-state index in [1.54, 1.807) is 13.3 Å². The molecule has 4 nitrogen and oxygen atoms in total. The molecule has 0 atom stereocenters. The molecule has 0 aromatic carbocycles. The predicted octanol–water partition coefficient (Wildman–Crippen LogP) is 1.84. The fourth-order valence-electron chi connectivity index (χ4n) is 1.22. The summed E-state index contributed by atoms with van der Waals surface area (Å²) >= 11 is 0. The van der Waals surface area contributed by atoms with Crippen LogP contribution >= 0.6 is 0 Å². The summed E-state index contributed by atoms with van der Waals surface area (Å²) in [6.07, 6.45) is 1.72. The van der Waals surface area contributed by atoms with E-state index in [-0.39, 0.29) is 0 Å². The number of aromatic nitrogens is 1. The van der Waals surface area contributed by atoms with Crippen molar-refractivity contribution in [3.05, 3.63) is 18.3 Å². The number of hydrogen-bond donors (Lipinski definition) is 1. The Labute approximate surface area is 97.6 Å². The van der Waals surface area contributed by atoms with Crippen LogP contribution in [0.15, 0.2) is 18.3 Å². The first-order valence-corrected chi connectivity index (χ1v) is 5.57.